The van der Waals surface area contributed by atoms with Crippen LogP contribution in [0.25, 0.3) is 10.4 Å². The number of urea groups is 1. The predicted molar refractivity (Wildman–Crippen MR) is 66.1 cm³/mol. The maximum Gasteiger partial charge on any atom is 0.417 e. The Balaban J connectivity index is 2.25. The molecule has 2 N–H and O–H groups in total. The summed E-state index contributed by atoms with van der Waals surface area (Å²) in [7, 11) is 1.19. The van der Waals surface area contributed by atoms with E-state index >= 15 is 0 Å². The van der Waals surface area contributed by atoms with Crippen LogP contribution in [0.3, 0.4) is 0 Å². The highest BCUT2D eigenvalue weighted by Gasteiger charge is 2.58. The summed E-state index contributed by atoms with van der Waals surface area (Å²) in [5, 5.41) is 14.7. The highest BCUT2D eigenvalue weighted by molar-refractivity contribution is 5.92. The van der Waals surface area contributed by atoms with E-state index in [0.29, 0.717) is 0 Å². The van der Waals surface area contributed by atoms with Crippen molar-refractivity contribution in [3.8, 4) is 0 Å². The molecular weight excluding hydrogens is 305 g/mol. The normalized spacial score (nSPS) is 34.9. The first-order chi connectivity index (χ1) is 10.5. The van der Waals surface area contributed by atoms with E-state index in [-0.39, 0.29) is 0 Å². The number of alkyl carbamates (subject to hydrolysis) is 1. The molecule has 0 aromatic heterocycles. The number of ether oxygens (including phenoxy) is 3. The Morgan fingerprint density at radius 2 is 2.41 bits per heavy atom. The van der Waals surface area contributed by atoms with Crippen molar-refractivity contribution in [2.45, 2.75) is 24.1 Å². The largest absolute Gasteiger partial charge is 0.428 e. The van der Waals surface area contributed by atoms with E-state index in [0.717, 1.165) is 4.90 Å². The summed E-state index contributed by atoms with van der Waals surface area (Å²) in [6.45, 7) is -1.61. The summed E-state index contributed by atoms with van der Waals surface area (Å²) >= 11 is 0. The van der Waals surface area contributed by atoms with Crippen LogP contribution in [-0.4, -0.2) is 73.2 Å². The lowest BCUT2D eigenvalue weighted by Crippen LogP contribution is -2.56. The quantitative estimate of drug-likeness (QED) is 0.409. The Hall–Kier alpha value is -2.14. The van der Waals surface area contributed by atoms with E-state index < -0.39 is 56.1 Å². The van der Waals surface area contributed by atoms with Crippen molar-refractivity contribution in [2.24, 2.45) is 5.11 Å². The molecule has 0 saturated carbocycles. The first kappa shape index (κ1) is 16.2. The fourth-order valence-corrected chi connectivity index (χ4v) is 2.42. The fraction of sp³-hybridized carbons (Fsp3) is 0.800. The molecule has 2 rings (SSSR count). The van der Waals surface area contributed by atoms with Crippen LogP contribution in [-0.2, 0) is 14.2 Å². The van der Waals surface area contributed by atoms with Gasteiger partial charge in [0, 0.05) is 12.0 Å². The highest BCUT2D eigenvalue weighted by atomic mass is 19.1. The molecule has 2 aliphatic rings. The van der Waals surface area contributed by atoms with Crippen molar-refractivity contribution >= 4 is 12.1 Å². The number of methoxy groups -OCH3 is 1. The number of aliphatic hydroxyl groups excluding tert-OH is 1. The number of aliphatic hydroxyl groups is 1. The van der Waals surface area contributed by atoms with Gasteiger partial charge in [-0.05, 0) is 5.53 Å². The number of carbonyl (C=O) groups excluding carboxylic acids is 2. The van der Waals surface area contributed by atoms with Gasteiger partial charge in [0.2, 0.25) is 0 Å². The number of amides is 3. The molecule has 11 nitrogen and oxygen atoms in total. The number of halogens is 1. The number of alkyl halides is 1. The lowest BCUT2D eigenvalue weighted by Gasteiger charge is -2.33. The van der Waals surface area contributed by atoms with Crippen molar-refractivity contribution < 1.29 is 33.3 Å². The number of carbonyl (C=O) groups is 2. The average molecular weight is 319 g/mol. The van der Waals surface area contributed by atoms with Crippen LogP contribution in [0.4, 0.5) is 14.0 Å². The summed E-state index contributed by atoms with van der Waals surface area (Å²) < 4.78 is 29.6. The minimum absolute atomic E-state index is 0.398. The minimum Gasteiger partial charge on any atom is -0.428 e. The van der Waals surface area contributed by atoms with Gasteiger partial charge in [0.1, 0.15) is 11.7 Å². The molecule has 122 valence electrons. The molecule has 12 heteroatoms. The smallest absolute Gasteiger partial charge is 0.417 e. The molecule has 0 aromatic carbocycles. The molecule has 4 atom stereocenters. The lowest BCUT2D eigenvalue weighted by atomic mass is 9.96. The summed E-state index contributed by atoms with van der Waals surface area (Å²) in [5.74, 6) is 0. The molecule has 0 aliphatic carbocycles. The average Bonchev–Trinajstić information content (AvgIpc) is 2.78. The van der Waals surface area contributed by atoms with Crippen LogP contribution < -0.4 is 5.32 Å². The first-order valence-electron chi connectivity index (χ1n) is 6.20. The van der Waals surface area contributed by atoms with Gasteiger partial charge in [0.05, 0.1) is 13.2 Å². The van der Waals surface area contributed by atoms with Crippen LogP contribution in [0.2, 0.25) is 0 Å². The fourth-order valence-electron chi connectivity index (χ4n) is 2.42. The van der Waals surface area contributed by atoms with E-state index in [4.69, 9.17) is 15.0 Å². The lowest BCUT2D eigenvalue weighted by molar-refractivity contribution is -0.148. The molecule has 0 spiro atoms. The van der Waals surface area contributed by atoms with Gasteiger partial charge in [-0.2, -0.15) is 0 Å². The Labute approximate surface area is 123 Å². The molecule has 2 saturated heterocycles. The van der Waals surface area contributed by atoms with Crippen LogP contribution >= 0.6 is 0 Å². The number of nitrogens with one attached hydrogen (secondary N) is 1. The van der Waals surface area contributed by atoms with Crippen LogP contribution in [0.5, 0.6) is 0 Å². The van der Waals surface area contributed by atoms with Gasteiger partial charge in [0.15, 0.2) is 19.1 Å². The molecule has 2 aliphatic heterocycles. The zero-order valence-corrected chi connectivity index (χ0v) is 11.5. The van der Waals surface area contributed by atoms with Gasteiger partial charge < -0.3 is 19.3 Å². The summed E-state index contributed by atoms with van der Waals surface area (Å²) in [5.41, 5.74) is 6.76. The second-order valence-electron chi connectivity index (χ2n) is 4.68. The van der Waals surface area contributed by atoms with E-state index in [9.17, 15) is 19.1 Å². The second-order valence-corrected chi connectivity index (χ2v) is 4.68. The molecule has 0 unspecified atom stereocenters. The maximum atomic E-state index is 14.6. The minimum atomic E-state index is -1.85. The van der Waals surface area contributed by atoms with Gasteiger partial charge in [-0.15, -0.1) is 0 Å². The first-order valence-corrected chi connectivity index (χ1v) is 6.20. The topological polar surface area (TPSA) is 146 Å². The zero-order valence-electron chi connectivity index (χ0n) is 11.5. The van der Waals surface area contributed by atoms with E-state index in [1.807, 2.05) is 5.32 Å². The molecule has 0 aromatic rings. The Morgan fingerprint density at radius 1 is 1.68 bits per heavy atom. The van der Waals surface area contributed by atoms with Gasteiger partial charge >= 0.3 is 12.1 Å². The van der Waals surface area contributed by atoms with Gasteiger partial charge in [-0.1, -0.05) is 5.11 Å². The number of imide groups is 1. The summed E-state index contributed by atoms with van der Waals surface area (Å²) in [6, 6.07) is -0.906. The number of azide groups is 1. The van der Waals surface area contributed by atoms with Crippen LogP contribution in [0.1, 0.15) is 0 Å². The van der Waals surface area contributed by atoms with E-state index in [2.05, 4.69) is 14.8 Å². The van der Waals surface area contributed by atoms with Crippen molar-refractivity contribution in [2.75, 3.05) is 27.0 Å². The number of hydrogen-bond acceptors (Lipinski definition) is 7. The van der Waals surface area contributed by atoms with Gasteiger partial charge in [-0.25, -0.2) is 19.3 Å². The third kappa shape index (κ3) is 2.64. The predicted octanol–water partition coefficient (Wildman–Crippen LogP) is -0.143. The number of hydrogen-bond donors (Lipinski definition) is 2. The molecular formula is C10H14FN5O6. The molecule has 0 radical (unpaired) electrons. The maximum absolute atomic E-state index is 14.6. The van der Waals surface area contributed by atoms with Crippen molar-refractivity contribution in [1.82, 2.24) is 10.2 Å². The number of nitrogens with zero attached hydrogens (tertiary/aromatic N) is 4. The molecule has 2 fully saturated rings. The zero-order chi connectivity index (χ0) is 16.3. The third-order valence-electron chi connectivity index (χ3n) is 3.47. The van der Waals surface area contributed by atoms with E-state index in [1.54, 1.807) is 0 Å². The van der Waals surface area contributed by atoms with Crippen LogP contribution in [0.15, 0.2) is 5.11 Å². The van der Waals surface area contributed by atoms with Crippen molar-refractivity contribution in [1.29, 1.82) is 0 Å². The summed E-state index contributed by atoms with van der Waals surface area (Å²) in [6.07, 6.45) is -5.56. The SMILES string of the molecule is CO[C@H]1[C@@H](F)[C@H](N2COC(=O)NC2=O)O[C@@]1(CO)CN=[N+]=[N-]. The van der Waals surface area contributed by atoms with Gasteiger partial charge in [-0.3, -0.25) is 4.90 Å². The third-order valence-corrected chi connectivity index (χ3v) is 3.47. The molecule has 2 heterocycles. The van der Waals surface area contributed by atoms with Crippen molar-refractivity contribution in [3.63, 3.8) is 0 Å². The number of rotatable bonds is 5. The number of cyclic esters (lactones) is 1. The molecule has 0 bridgehead atoms. The second kappa shape index (κ2) is 6.32. The van der Waals surface area contributed by atoms with E-state index in [1.165, 1.54) is 7.11 Å². The van der Waals surface area contributed by atoms with Gasteiger partial charge in [0.25, 0.3) is 0 Å². The Kier molecular flexibility index (Phi) is 4.66. The van der Waals surface area contributed by atoms with Crippen molar-refractivity contribution in [3.05, 3.63) is 10.4 Å². The summed E-state index contributed by atoms with van der Waals surface area (Å²) in [4.78, 5) is 26.0. The Bertz CT molecular complexity index is 514. The monoisotopic (exact) mass is 319 g/mol. The van der Waals surface area contributed by atoms with Crippen LogP contribution in [0, 0.1) is 0 Å². The Morgan fingerprint density at radius 3 is 2.95 bits per heavy atom. The standard InChI is InChI=1S/C10H14FN5O6/c1-20-6-5(11)7(16-4-21-9(19)14-8(16)18)22-10(6,3-17)2-13-15-12/h5-7,17H,2-4H2,1H3,(H,14,18,19)/t5-,6+,7-,10-/m1/s1. The highest BCUT2D eigenvalue weighted by Crippen LogP contribution is 2.37. The molecule has 3 amide bonds. The molecule has 22 heavy (non-hydrogen) atoms.